The molecule has 6 nitrogen and oxygen atoms in total. The van der Waals surface area contributed by atoms with E-state index in [1.165, 1.54) is 6.42 Å². The number of piperidine rings is 1. The molecule has 1 N–H and O–H groups in total. The van der Waals surface area contributed by atoms with Crippen LogP contribution in [-0.4, -0.2) is 49.8 Å². The predicted molar refractivity (Wildman–Crippen MR) is 104 cm³/mol. The Bertz CT molecular complexity index is 759. The van der Waals surface area contributed by atoms with Crippen LogP contribution >= 0.6 is 0 Å². The van der Waals surface area contributed by atoms with Crippen LogP contribution < -0.4 is 0 Å². The summed E-state index contributed by atoms with van der Waals surface area (Å²) in [4.78, 5) is 29.9. The highest BCUT2D eigenvalue weighted by atomic mass is 16.2. The van der Waals surface area contributed by atoms with E-state index in [1.54, 1.807) is 6.20 Å². The Kier molecular flexibility index (Phi) is 5.53. The van der Waals surface area contributed by atoms with Gasteiger partial charge in [-0.2, -0.15) is 0 Å². The molecule has 2 aromatic heterocycles. The summed E-state index contributed by atoms with van der Waals surface area (Å²) >= 11 is 0. The number of imidazole rings is 1. The maximum Gasteiger partial charge on any atom is 0.227 e. The molecule has 2 bridgehead atoms. The number of hydrogen-bond donors (Lipinski definition) is 1. The second-order valence-corrected chi connectivity index (χ2v) is 7.87. The third kappa shape index (κ3) is 4.21. The number of rotatable bonds is 7. The van der Waals surface area contributed by atoms with Gasteiger partial charge in [0.15, 0.2) is 0 Å². The number of fused-ring (bicyclic) bond motifs is 4. The lowest BCUT2D eigenvalue weighted by Crippen LogP contribution is -2.47. The Balaban J connectivity index is 1.42. The van der Waals surface area contributed by atoms with Crippen LogP contribution in [0.15, 0.2) is 30.6 Å². The first-order valence-corrected chi connectivity index (χ1v) is 10.2. The number of carbonyl (C=O) groups is 1. The van der Waals surface area contributed by atoms with Crippen LogP contribution in [0.5, 0.6) is 0 Å². The van der Waals surface area contributed by atoms with Gasteiger partial charge in [0, 0.05) is 50.2 Å². The van der Waals surface area contributed by atoms with Crippen molar-refractivity contribution in [2.24, 2.45) is 5.92 Å². The molecule has 0 spiro atoms. The number of H-pyrrole nitrogens is 1. The summed E-state index contributed by atoms with van der Waals surface area (Å²) in [7, 11) is 0. The van der Waals surface area contributed by atoms with E-state index in [1.807, 2.05) is 24.4 Å². The summed E-state index contributed by atoms with van der Waals surface area (Å²) in [5.41, 5.74) is 2.13. The highest BCUT2D eigenvalue weighted by Gasteiger charge is 2.40. The number of hydrogen-bond acceptors (Lipinski definition) is 4. The first-order chi connectivity index (χ1) is 13.2. The van der Waals surface area contributed by atoms with Crippen LogP contribution in [0.1, 0.15) is 49.8 Å². The average molecular weight is 367 g/mol. The minimum absolute atomic E-state index is 0.106. The molecule has 0 aromatic carbocycles. The molecule has 3 aliphatic rings. The Hall–Kier alpha value is -2.21. The molecule has 3 fully saturated rings. The molecule has 6 heteroatoms. The third-order valence-electron chi connectivity index (χ3n) is 5.77. The number of unbranched alkanes of at least 4 members (excludes halogenated alkanes) is 1. The van der Waals surface area contributed by atoms with Crippen molar-refractivity contribution in [2.45, 2.75) is 58.2 Å². The van der Waals surface area contributed by atoms with Gasteiger partial charge in [0.1, 0.15) is 5.82 Å². The van der Waals surface area contributed by atoms with Crippen molar-refractivity contribution in [3.05, 3.63) is 47.8 Å². The van der Waals surface area contributed by atoms with Crippen molar-refractivity contribution in [1.29, 1.82) is 0 Å². The van der Waals surface area contributed by atoms with E-state index in [0.717, 1.165) is 62.5 Å². The second-order valence-electron chi connectivity index (χ2n) is 7.87. The first-order valence-electron chi connectivity index (χ1n) is 10.2. The summed E-state index contributed by atoms with van der Waals surface area (Å²) < 4.78 is 0. The van der Waals surface area contributed by atoms with Crippen molar-refractivity contribution in [3.8, 4) is 0 Å². The molecular weight excluding hydrogens is 338 g/mol. The zero-order valence-corrected chi connectivity index (χ0v) is 16.1. The van der Waals surface area contributed by atoms with Crippen molar-refractivity contribution < 1.29 is 4.79 Å². The quantitative estimate of drug-likeness (QED) is 0.817. The third-order valence-corrected chi connectivity index (χ3v) is 5.77. The number of aromatic nitrogens is 3. The van der Waals surface area contributed by atoms with E-state index in [2.05, 4.69) is 31.7 Å². The van der Waals surface area contributed by atoms with Crippen LogP contribution in [0.3, 0.4) is 0 Å². The molecule has 5 rings (SSSR count). The number of nitrogens with zero attached hydrogens (tertiary/aromatic N) is 4. The standard InChI is InChI=1S/C21H29N5O/c1-2-3-7-20-23-11-18(24-20)13-25-12-16-8-9-19(15-25)26(21(16)27)14-17-6-4-5-10-22-17/h4-6,10-11,16,19H,2-3,7-9,12-15H2,1H3,(H,23,24). The number of amides is 1. The molecule has 144 valence electrons. The molecule has 1 amide bonds. The minimum atomic E-state index is 0.106. The van der Waals surface area contributed by atoms with Crippen LogP contribution in [0.4, 0.5) is 0 Å². The van der Waals surface area contributed by atoms with E-state index < -0.39 is 0 Å². The molecule has 2 aromatic rings. The van der Waals surface area contributed by atoms with Gasteiger partial charge in [-0.15, -0.1) is 0 Å². The molecule has 27 heavy (non-hydrogen) atoms. The SMILES string of the molecule is CCCCc1ncc(CN2CC3CCC(C2)N(Cc2ccccn2)C3=O)[nH]1. The molecule has 2 atom stereocenters. The van der Waals surface area contributed by atoms with Crippen molar-refractivity contribution in [1.82, 2.24) is 24.8 Å². The summed E-state index contributed by atoms with van der Waals surface area (Å²) in [5.74, 6) is 1.49. The van der Waals surface area contributed by atoms with Crippen LogP contribution in [0, 0.1) is 5.92 Å². The number of pyridine rings is 1. The van der Waals surface area contributed by atoms with Gasteiger partial charge in [-0.05, 0) is 31.4 Å². The number of carbonyl (C=O) groups excluding carboxylic acids is 1. The van der Waals surface area contributed by atoms with E-state index in [4.69, 9.17) is 0 Å². The Morgan fingerprint density at radius 1 is 1.19 bits per heavy atom. The van der Waals surface area contributed by atoms with Gasteiger partial charge in [-0.25, -0.2) is 4.98 Å². The fraction of sp³-hybridized carbons (Fsp3) is 0.571. The van der Waals surface area contributed by atoms with E-state index in [0.29, 0.717) is 12.5 Å². The number of nitrogens with one attached hydrogen (secondary N) is 1. The van der Waals surface area contributed by atoms with E-state index >= 15 is 0 Å². The molecule has 3 saturated heterocycles. The monoisotopic (exact) mass is 367 g/mol. The fourth-order valence-corrected chi connectivity index (χ4v) is 4.33. The summed E-state index contributed by atoms with van der Waals surface area (Å²) in [6.07, 6.45) is 9.21. The lowest BCUT2D eigenvalue weighted by molar-refractivity contribution is -0.140. The summed E-state index contributed by atoms with van der Waals surface area (Å²) in [6, 6.07) is 6.19. The van der Waals surface area contributed by atoms with Crippen molar-refractivity contribution >= 4 is 5.91 Å². The van der Waals surface area contributed by atoms with E-state index in [9.17, 15) is 4.79 Å². The summed E-state index contributed by atoms with van der Waals surface area (Å²) in [6.45, 7) is 5.44. The minimum Gasteiger partial charge on any atom is -0.345 e. The predicted octanol–water partition coefficient (Wildman–Crippen LogP) is 2.77. The highest BCUT2D eigenvalue weighted by molar-refractivity contribution is 5.80. The molecule has 3 aliphatic heterocycles. The Morgan fingerprint density at radius 2 is 2.11 bits per heavy atom. The average Bonchev–Trinajstić information content (AvgIpc) is 2.97. The van der Waals surface area contributed by atoms with Gasteiger partial charge in [0.25, 0.3) is 0 Å². The first kappa shape index (κ1) is 18.2. The maximum absolute atomic E-state index is 13.0. The normalized spacial score (nSPS) is 23.0. The fourth-order valence-electron chi connectivity index (χ4n) is 4.33. The van der Waals surface area contributed by atoms with Gasteiger partial charge in [-0.3, -0.25) is 14.7 Å². The lowest BCUT2D eigenvalue weighted by Gasteiger charge is -2.35. The zero-order valence-electron chi connectivity index (χ0n) is 16.1. The van der Waals surface area contributed by atoms with Crippen molar-refractivity contribution in [2.75, 3.05) is 13.1 Å². The molecule has 0 radical (unpaired) electrons. The van der Waals surface area contributed by atoms with Crippen molar-refractivity contribution in [3.63, 3.8) is 0 Å². The lowest BCUT2D eigenvalue weighted by atomic mass is 9.94. The largest absolute Gasteiger partial charge is 0.345 e. The van der Waals surface area contributed by atoms with E-state index in [-0.39, 0.29) is 12.0 Å². The van der Waals surface area contributed by atoms with Crippen LogP contribution in [-0.2, 0) is 24.3 Å². The molecule has 2 unspecified atom stereocenters. The summed E-state index contributed by atoms with van der Waals surface area (Å²) in [5, 5.41) is 0. The second kappa shape index (κ2) is 8.21. The molecule has 0 aliphatic carbocycles. The van der Waals surface area contributed by atoms with Gasteiger partial charge < -0.3 is 9.88 Å². The Labute approximate surface area is 161 Å². The number of aryl methyl sites for hydroxylation is 1. The number of aromatic amines is 1. The smallest absolute Gasteiger partial charge is 0.227 e. The Morgan fingerprint density at radius 3 is 2.93 bits per heavy atom. The van der Waals surface area contributed by atoms with Gasteiger partial charge in [0.05, 0.1) is 18.2 Å². The maximum atomic E-state index is 13.0. The molecule has 5 heterocycles. The molecule has 0 saturated carbocycles. The van der Waals surface area contributed by atoms with Gasteiger partial charge in [-0.1, -0.05) is 19.4 Å². The van der Waals surface area contributed by atoms with Crippen LogP contribution in [0.25, 0.3) is 0 Å². The van der Waals surface area contributed by atoms with Crippen LogP contribution in [0.2, 0.25) is 0 Å². The van der Waals surface area contributed by atoms with Gasteiger partial charge >= 0.3 is 0 Å². The topological polar surface area (TPSA) is 65.1 Å². The molecular formula is C21H29N5O. The van der Waals surface area contributed by atoms with Gasteiger partial charge in [0.2, 0.25) is 5.91 Å². The zero-order chi connectivity index (χ0) is 18.6. The highest BCUT2D eigenvalue weighted by Crippen LogP contribution is 2.30.